The molecule has 1 aromatic carbocycles. The Kier molecular flexibility index (Phi) is 2.40. The van der Waals surface area contributed by atoms with Crippen LogP contribution in [0.4, 0.5) is 0 Å². The number of para-hydroxylation sites is 2. The molecule has 114 valence electrons. The van der Waals surface area contributed by atoms with Crippen molar-refractivity contribution in [2.75, 3.05) is 0 Å². The van der Waals surface area contributed by atoms with Crippen LogP contribution < -0.4 is 5.32 Å². The van der Waals surface area contributed by atoms with Crippen molar-refractivity contribution in [3.05, 3.63) is 35.7 Å². The minimum atomic E-state index is -0.403. The third-order valence-electron chi connectivity index (χ3n) is 6.33. The van der Waals surface area contributed by atoms with Crippen LogP contribution in [0, 0.1) is 5.41 Å². The largest absolute Gasteiger partial charge is 0.345 e. The lowest BCUT2D eigenvalue weighted by molar-refractivity contribution is -0.122. The van der Waals surface area contributed by atoms with Gasteiger partial charge in [0.05, 0.1) is 28.0 Å². The Morgan fingerprint density at radius 3 is 2.23 bits per heavy atom. The van der Waals surface area contributed by atoms with E-state index in [4.69, 9.17) is 9.97 Å². The van der Waals surface area contributed by atoms with E-state index in [0.717, 1.165) is 35.3 Å². The number of aromatic nitrogens is 2. The lowest BCUT2D eigenvalue weighted by Crippen LogP contribution is -2.52. The smallest absolute Gasteiger partial charge is 0.217 e. The van der Waals surface area contributed by atoms with Crippen molar-refractivity contribution in [3.63, 3.8) is 0 Å². The van der Waals surface area contributed by atoms with Gasteiger partial charge in [-0.3, -0.25) is 4.79 Å². The molecule has 2 aliphatic carbocycles. The van der Waals surface area contributed by atoms with Gasteiger partial charge in [-0.15, -0.1) is 0 Å². The molecule has 0 spiro atoms. The first-order valence-corrected chi connectivity index (χ1v) is 7.88. The van der Waals surface area contributed by atoms with Crippen molar-refractivity contribution in [2.45, 2.75) is 51.5 Å². The molecule has 1 amide bonds. The van der Waals surface area contributed by atoms with Crippen LogP contribution in [0.3, 0.4) is 0 Å². The number of carbonyl (C=O) groups excluding carboxylic acids is 1. The Balaban J connectivity index is 2.07. The fraction of sp³-hybridized carbons (Fsp3) is 0.500. The maximum absolute atomic E-state index is 11.9. The normalized spacial score (nSPS) is 31.3. The van der Waals surface area contributed by atoms with Gasteiger partial charge in [-0.2, -0.15) is 0 Å². The fourth-order valence-electron chi connectivity index (χ4n) is 4.62. The molecular weight excluding hydrogens is 274 g/mol. The third-order valence-corrected chi connectivity index (χ3v) is 6.33. The van der Waals surface area contributed by atoms with Gasteiger partial charge < -0.3 is 5.32 Å². The summed E-state index contributed by atoms with van der Waals surface area (Å²) in [6.45, 7) is 8.34. The zero-order chi connectivity index (χ0) is 15.8. The molecule has 22 heavy (non-hydrogen) atoms. The highest BCUT2D eigenvalue weighted by molar-refractivity contribution is 5.78. The lowest BCUT2D eigenvalue weighted by Gasteiger charge is -2.41. The minimum absolute atomic E-state index is 0.000124. The number of hydrogen-bond donors (Lipinski definition) is 1. The zero-order valence-corrected chi connectivity index (χ0v) is 13.5. The van der Waals surface area contributed by atoms with Gasteiger partial charge in [0.15, 0.2) is 0 Å². The number of hydrogen-bond acceptors (Lipinski definition) is 3. The number of rotatable bonds is 1. The van der Waals surface area contributed by atoms with Crippen LogP contribution in [0.15, 0.2) is 24.3 Å². The Morgan fingerprint density at radius 2 is 1.64 bits per heavy atom. The van der Waals surface area contributed by atoms with Crippen molar-refractivity contribution in [1.82, 2.24) is 15.3 Å². The molecule has 1 saturated carbocycles. The number of fused-ring (bicyclic) bond motifs is 6. The molecule has 1 fully saturated rings. The molecule has 1 N–H and O–H groups in total. The van der Waals surface area contributed by atoms with E-state index in [2.05, 4.69) is 26.1 Å². The standard InChI is InChI=1S/C18H21N3O/c1-11(22)21-18-10-9-17(4,16(18,2)3)14-15(18)20-13-8-6-5-7-12(13)19-14/h5-8H,9-10H2,1-4H3,(H,21,22)/t17-,18-/m0/s1. The van der Waals surface area contributed by atoms with Crippen LogP contribution >= 0.6 is 0 Å². The molecule has 2 bridgehead atoms. The van der Waals surface area contributed by atoms with Gasteiger partial charge in [0.2, 0.25) is 5.91 Å². The highest BCUT2D eigenvalue weighted by Gasteiger charge is 2.70. The van der Waals surface area contributed by atoms with Crippen molar-refractivity contribution >= 4 is 16.9 Å². The number of benzene rings is 1. The van der Waals surface area contributed by atoms with Crippen molar-refractivity contribution < 1.29 is 4.79 Å². The maximum Gasteiger partial charge on any atom is 0.217 e. The van der Waals surface area contributed by atoms with E-state index < -0.39 is 5.54 Å². The van der Waals surface area contributed by atoms with Crippen molar-refractivity contribution in [1.29, 1.82) is 0 Å². The van der Waals surface area contributed by atoms with Crippen LogP contribution in [-0.2, 0) is 15.7 Å². The lowest BCUT2D eigenvalue weighted by atomic mass is 9.67. The van der Waals surface area contributed by atoms with Crippen LogP contribution in [0.1, 0.15) is 51.9 Å². The SMILES string of the molecule is CC(=O)N[C@@]12CC[C@@](C)(c3nc4ccccc4nc31)C2(C)C. The number of nitrogens with zero attached hydrogens (tertiary/aromatic N) is 2. The van der Waals surface area contributed by atoms with E-state index >= 15 is 0 Å². The summed E-state index contributed by atoms with van der Waals surface area (Å²) < 4.78 is 0. The first kappa shape index (κ1) is 13.7. The average Bonchev–Trinajstić information content (AvgIpc) is 2.74. The quantitative estimate of drug-likeness (QED) is 0.879. The first-order valence-electron chi connectivity index (χ1n) is 7.88. The monoisotopic (exact) mass is 295 g/mol. The molecule has 4 nitrogen and oxygen atoms in total. The molecular formula is C18H21N3O. The van der Waals surface area contributed by atoms with Crippen molar-refractivity contribution in [3.8, 4) is 0 Å². The summed E-state index contributed by atoms with van der Waals surface area (Å²) in [6.07, 6.45) is 1.95. The Hall–Kier alpha value is -1.97. The summed E-state index contributed by atoms with van der Waals surface area (Å²) in [5.41, 5.74) is 3.31. The topological polar surface area (TPSA) is 54.9 Å². The summed E-state index contributed by atoms with van der Waals surface area (Å²) in [7, 11) is 0. The van der Waals surface area contributed by atoms with Crippen molar-refractivity contribution in [2.24, 2.45) is 5.41 Å². The minimum Gasteiger partial charge on any atom is -0.345 e. The molecule has 2 atom stereocenters. The highest BCUT2D eigenvalue weighted by atomic mass is 16.1. The molecule has 1 heterocycles. The van der Waals surface area contributed by atoms with Gasteiger partial charge in [-0.05, 0) is 25.0 Å². The Morgan fingerprint density at radius 1 is 1.05 bits per heavy atom. The summed E-state index contributed by atoms with van der Waals surface area (Å²) in [5, 5.41) is 3.24. The van der Waals surface area contributed by atoms with Gasteiger partial charge in [-0.25, -0.2) is 9.97 Å². The highest BCUT2D eigenvalue weighted by Crippen LogP contribution is 2.68. The third kappa shape index (κ3) is 1.32. The van der Waals surface area contributed by atoms with Crippen LogP contribution in [0.5, 0.6) is 0 Å². The van der Waals surface area contributed by atoms with E-state index in [1.165, 1.54) is 0 Å². The van der Waals surface area contributed by atoms with E-state index in [9.17, 15) is 4.79 Å². The molecule has 4 rings (SSSR count). The van der Waals surface area contributed by atoms with Crippen LogP contribution in [0.25, 0.3) is 11.0 Å². The molecule has 0 unspecified atom stereocenters. The van der Waals surface area contributed by atoms with E-state index in [1.54, 1.807) is 6.92 Å². The fourth-order valence-corrected chi connectivity index (χ4v) is 4.62. The Labute approximate surface area is 130 Å². The summed E-state index contributed by atoms with van der Waals surface area (Å²) in [4.78, 5) is 21.8. The predicted molar refractivity (Wildman–Crippen MR) is 85.4 cm³/mol. The predicted octanol–water partition coefficient (Wildman–Crippen LogP) is 3.05. The summed E-state index contributed by atoms with van der Waals surface area (Å²) >= 11 is 0. The average molecular weight is 295 g/mol. The molecule has 1 aromatic heterocycles. The van der Waals surface area contributed by atoms with Crippen LogP contribution in [0.2, 0.25) is 0 Å². The van der Waals surface area contributed by atoms with E-state index in [0.29, 0.717) is 0 Å². The second-order valence-corrected chi connectivity index (χ2v) is 7.45. The second-order valence-electron chi connectivity index (χ2n) is 7.45. The molecule has 0 aliphatic heterocycles. The van der Waals surface area contributed by atoms with E-state index in [-0.39, 0.29) is 16.7 Å². The summed E-state index contributed by atoms with van der Waals surface area (Å²) in [6, 6.07) is 7.98. The molecule has 2 aliphatic rings. The summed E-state index contributed by atoms with van der Waals surface area (Å²) in [5.74, 6) is 0.000124. The maximum atomic E-state index is 11.9. The molecule has 4 heteroatoms. The van der Waals surface area contributed by atoms with Gasteiger partial charge in [0.25, 0.3) is 0 Å². The second kappa shape index (κ2) is 3.86. The Bertz CT molecular complexity index is 813. The number of nitrogens with one attached hydrogen (secondary N) is 1. The van der Waals surface area contributed by atoms with Gasteiger partial charge >= 0.3 is 0 Å². The molecule has 0 radical (unpaired) electrons. The molecule has 2 aromatic rings. The van der Waals surface area contributed by atoms with Gasteiger partial charge in [0.1, 0.15) is 0 Å². The number of amides is 1. The van der Waals surface area contributed by atoms with E-state index in [1.807, 2.05) is 24.3 Å². The first-order chi connectivity index (χ1) is 10.3. The molecule has 0 saturated heterocycles. The van der Waals surface area contributed by atoms with Gasteiger partial charge in [0, 0.05) is 17.8 Å². The number of carbonyl (C=O) groups is 1. The van der Waals surface area contributed by atoms with Gasteiger partial charge in [-0.1, -0.05) is 32.9 Å². The zero-order valence-electron chi connectivity index (χ0n) is 13.5. The van der Waals surface area contributed by atoms with Crippen LogP contribution in [-0.4, -0.2) is 15.9 Å².